The first kappa shape index (κ1) is 25.3. The molecule has 1 fully saturated rings. The van der Waals surface area contributed by atoms with Crippen molar-refractivity contribution in [3.05, 3.63) is 64.7 Å². The second-order valence-electron chi connectivity index (χ2n) is 8.75. The Morgan fingerprint density at radius 1 is 1.09 bits per heavy atom. The van der Waals surface area contributed by atoms with Crippen LogP contribution in [0.2, 0.25) is 0 Å². The molecule has 2 aromatic carbocycles. The van der Waals surface area contributed by atoms with Gasteiger partial charge in [0, 0.05) is 18.7 Å². The summed E-state index contributed by atoms with van der Waals surface area (Å²) in [6, 6.07) is 11.9. The summed E-state index contributed by atoms with van der Waals surface area (Å²) in [5.41, 5.74) is 2.08. The van der Waals surface area contributed by atoms with E-state index in [4.69, 9.17) is 9.47 Å². The monoisotopic (exact) mass is 466 g/mol. The molecule has 182 valence electrons. The standard InChI is InChI=1S/C27H34N2O5/c1-6-7-16-34-20-10-8-19(9-11-20)24-23(26(31)27(32)29(24)15-14-28(3)4)25(30)22-13-12-21(33-5)17-18(22)2/h8-13,17,24,30H,6-7,14-16H2,1-5H3/b25-23+. The summed E-state index contributed by atoms with van der Waals surface area (Å²) in [4.78, 5) is 29.7. The Kier molecular flexibility index (Phi) is 8.34. The van der Waals surface area contributed by atoms with Crippen LogP contribution in [0.1, 0.15) is 42.5 Å². The predicted octanol–water partition coefficient (Wildman–Crippen LogP) is 4.17. The number of rotatable bonds is 10. The lowest BCUT2D eigenvalue weighted by molar-refractivity contribution is -0.140. The van der Waals surface area contributed by atoms with Gasteiger partial charge in [-0.3, -0.25) is 9.59 Å². The number of amides is 1. The molecule has 1 aliphatic rings. The van der Waals surface area contributed by atoms with Gasteiger partial charge in [-0.05, 0) is 68.9 Å². The number of aliphatic hydroxyl groups excluding tert-OH is 1. The first-order chi connectivity index (χ1) is 16.3. The first-order valence-corrected chi connectivity index (χ1v) is 11.6. The summed E-state index contributed by atoms with van der Waals surface area (Å²) in [6.07, 6.45) is 2.01. The predicted molar refractivity (Wildman–Crippen MR) is 132 cm³/mol. The number of methoxy groups -OCH3 is 1. The summed E-state index contributed by atoms with van der Waals surface area (Å²) in [6.45, 7) is 5.51. The number of likely N-dealkylation sites (N-methyl/N-ethyl adjacent to an activating group) is 1. The van der Waals surface area contributed by atoms with E-state index in [1.807, 2.05) is 50.2 Å². The van der Waals surface area contributed by atoms with Crippen molar-refractivity contribution in [3.8, 4) is 11.5 Å². The number of benzene rings is 2. The maximum absolute atomic E-state index is 13.2. The number of aliphatic hydroxyl groups is 1. The van der Waals surface area contributed by atoms with E-state index in [-0.39, 0.29) is 11.3 Å². The van der Waals surface area contributed by atoms with Gasteiger partial charge in [0.05, 0.1) is 25.3 Å². The highest BCUT2D eigenvalue weighted by Crippen LogP contribution is 2.40. The normalized spacial score (nSPS) is 17.5. The van der Waals surface area contributed by atoms with Crippen LogP contribution in [0.15, 0.2) is 48.0 Å². The maximum atomic E-state index is 13.2. The van der Waals surface area contributed by atoms with Crippen LogP contribution in [0.25, 0.3) is 5.76 Å². The van der Waals surface area contributed by atoms with E-state index < -0.39 is 17.7 Å². The third-order valence-electron chi connectivity index (χ3n) is 5.98. The zero-order chi connectivity index (χ0) is 24.8. The van der Waals surface area contributed by atoms with E-state index >= 15 is 0 Å². The molecule has 1 atom stereocenters. The molecular weight excluding hydrogens is 432 g/mol. The Balaban J connectivity index is 2.06. The van der Waals surface area contributed by atoms with Gasteiger partial charge in [0.15, 0.2) is 0 Å². The van der Waals surface area contributed by atoms with Crippen LogP contribution in [0.3, 0.4) is 0 Å². The fraction of sp³-hybridized carbons (Fsp3) is 0.407. The summed E-state index contributed by atoms with van der Waals surface area (Å²) >= 11 is 0. The lowest BCUT2D eigenvalue weighted by Crippen LogP contribution is -2.35. The summed E-state index contributed by atoms with van der Waals surface area (Å²) < 4.78 is 11.0. The van der Waals surface area contributed by atoms with Gasteiger partial charge in [-0.2, -0.15) is 0 Å². The number of ketones is 1. The maximum Gasteiger partial charge on any atom is 0.295 e. The molecule has 0 spiro atoms. The van der Waals surface area contributed by atoms with Gasteiger partial charge < -0.3 is 24.4 Å². The molecule has 7 nitrogen and oxygen atoms in total. The quantitative estimate of drug-likeness (QED) is 0.245. The highest BCUT2D eigenvalue weighted by atomic mass is 16.5. The molecule has 0 aliphatic carbocycles. The van der Waals surface area contributed by atoms with Gasteiger partial charge in [0.1, 0.15) is 17.3 Å². The SMILES string of the molecule is CCCCOc1ccc(C2/C(=C(\O)c3ccc(OC)cc3C)C(=O)C(=O)N2CCN(C)C)cc1. The van der Waals surface area contributed by atoms with Crippen LogP contribution < -0.4 is 9.47 Å². The fourth-order valence-corrected chi connectivity index (χ4v) is 4.02. The molecule has 1 amide bonds. The average Bonchev–Trinajstić information content (AvgIpc) is 3.07. The van der Waals surface area contributed by atoms with Gasteiger partial charge in [-0.15, -0.1) is 0 Å². The molecule has 1 N–H and O–H groups in total. The average molecular weight is 467 g/mol. The van der Waals surface area contributed by atoms with E-state index in [2.05, 4.69) is 6.92 Å². The first-order valence-electron chi connectivity index (χ1n) is 11.6. The number of hydrogen-bond donors (Lipinski definition) is 1. The van der Waals surface area contributed by atoms with Crippen molar-refractivity contribution in [1.29, 1.82) is 0 Å². The number of aryl methyl sites for hydroxylation is 1. The summed E-state index contributed by atoms with van der Waals surface area (Å²) in [5.74, 6) is -0.0918. The molecule has 0 aromatic heterocycles. The minimum Gasteiger partial charge on any atom is -0.507 e. The zero-order valence-corrected chi connectivity index (χ0v) is 20.6. The van der Waals surface area contributed by atoms with E-state index in [0.717, 1.165) is 29.7 Å². The lowest BCUT2D eigenvalue weighted by atomic mass is 9.94. The number of Topliss-reactive ketones (excluding diaryl/α,β-unsaturated/α-hetero) is 1. The molecule has 3 rings (SSSR count). The topological polar surface area (TPSA) is 79.3 Å². The van der Waals surface area contributed by atoms with E-state index in [9.17, 15) is 14.7 Å². The van der Waals surface area contributed by atoms with E-state index in [0.29, 0.717) is 31.0 Å². The molecule has 1 aliphatic heterocycles. The molecule has 1 heterocycles. The summed E-state index contributed by atoms with van der Waals surface area (Å²) in [5, 5.41) is 11.3. The number of hydrogen-bond acceptors (Lipinski definition) is 6. The number of ether oxygens (including phenoxy) is 2. The van der Waals surface area contributed by atoms with Crippen molar-refractivity contribution in [1.82, 2.24) is 9.80 Å². The number of carbonyl (C=O) groups excluding carboxylic acids is 2. The fourth-order valence-electron chi connectivity index (χ4n) is 4.02. The molecule has 0 bridgehead atoms. The number of nitrogens with zero attached hydrogens (tertiary/aromatic N) is 2. The Morgan fingerprint density at radius 2 is 1.76 bits per heavy atom. The van der Waals surface area contributed by atoms with Crippen LogP contribution in [0.4, 0.5) is 0 Å². The highest BCUT2D eigenvalue weighted by Gasteiger charge is 2.46. The van der Waals surface area contributed by atoms with Crippen LogP contribution in [-0.4, -0.2) is 67.5 Å². The smallest absolute Gasteiger partial charge is 0.295 e. The molecule has 0 saturated carbocycles. The molecule has 34 heavy (non-hydrogen) atoms. The van der Waals surface area contributed by atoms with Crippen molar-refractivity contribution in [2.24, 2.45) is 0 Å². The van der Waals surface area contributed by atoms with Gasteiger partial charge in [-0.1, -0.05) is 25.5 Å². The summed E-state index contributed by atoms with van der Waals surface area (Å²) in [7, 11) is 5.39. The highest BCUT2D eigenvalue weighted by molar-refractivity contribution is 6.46. The number of unbranched alkanes of at least 4 members (excludes halogenated alkanes) is 1. The van der Waals surface area contributed by atoms with Crippen LogP contribution in [0.5, 0.6) is 11.5 Å². The molecule has 0 radical (unpaired) electrons. The Bertz CT molecular complexity index is 1060. The minimum atomic E-state index is -0.689. The Hall–Kier alpha value is -3.32. The van der Waals surface area contributed by atoms with Crippen molar-refractivity contribution in [2.45, 2.75) is 32.7 Å². The zero-order valence-electron chi connectivity index (χ0n) is 20.6. The van der Waals surface area contributed by atoms with Crippen molar-refractivity contribution < 1.29 is 24.2 Å². The van der Waals surface area contributed by atoms with Crippen LogP contribution in [-0.2, 0) is 9.59 Å². The van der Waals surface area contributed by atoms with Gasteiger partial charge in [-0.25, -0.2) is 0 Å². The third kappa shape index (κ3) is 5.42. The second-order valence-corrected chi connectivity index (χ2v) is 8.75. The Labute approximate surface area is 201 Å². The van der Waals surface area contributed by atoms with Gasteiger partial charge in [0.2, 0.25) is 0 Å². The minimum absolute atomic E-state index is 0.0941. The number of carbonyl (C=O) groups is 2. The van der Waals surface area contributed by atoms with Crippen LogP contribution >= 0.6 is 0 Å². The molecular formula is C27H34N2O5. The van der Waals surface area contributed by atoms with E-state index in [1.165, 1.54) is 0 Å². The molecule has 2 aromatic rings. The van der Waals surface area contributed by atoms with E-state index in [1.54, 1.807) is 30.2 Å². The third-order valence-corrected chi connectivity index (χ3v) is 5.98. The molecule has 1 saturated heterocycles. The molecule has 7 heteroatoms. The van der Waals surface area contributed by atoms with Crippen molar-refractivity contribution in [2.75, 3.05) is 40.9 Å². The molecule has 1 unspecified atom stereocenters. The van der Waals surface area contributed by atoms with Crippen molar-refractivity contribution >= 4 is 17.4 Å². The lowest BCUT2D eigenvalue weighted by Gasteiger charge is -2.26. The largest absolute Gasteiger partial charge is 0.507 e. The van der Waals surface area contributed by atoms with Gasteiger partial charge >= 0.3 is 0 Å². The Morgan fingerprint density at radius 3 is 2.35 bits per heavy atom. The van der Waals surface area contributed by atoms with Crippen molar-refractivity contribution in [3.63, 3.8) is 0 Å². The van der Waals surface area contributed by atoms with Gasteiger partial charge in [0.25, 0.3) is 11.7 Å². The van der Waals surface area contributed by atoms with Crippen LogP contribution in [0, 0.1) is 6.92 Å². The second kappa shape index (κ2) is 11.2. The number of likely N-dealkylation sites (tertiary alicyclic amines) is 1.